The molecule has 308 valence electrons. The van der Waals surface area contributed by atoms with E-state index in [1.165, 1.54) is 36.0 Å². The van der Waals surface area contributed by atoms with Gasteiger partial charge in [0.25, 0.3) is 0 Å². The standard InChI is InChI=1S/2C18H15O3P.C13H22N.Ir/c2*1-4-10-16(11-5-1)19-22(20-17-12-6-2-7-13-17)21-18-14-8-3-9-15-18;1-6-7-14-8-13-11(4)9(2)10(3)12(13)5;/h2*1-15H;14H,6-8H2,1-5H3;. The van der Waals surface area contributed by atoms with Crippen LogP contribution in [0.1, 0.15) is 41.0 Å². The molecule has 1 aliphatic carbocycles. The Labute approximate surface area is 368 Å². The van der Waals surface area contributed by atoms with Crippen LogP contribution in [-0.4, -0.2) is 13.1 Å². The maximum absolute atomic E-state index is 5.84. The molecule has 7 nitrogen and oxygen atoms in total. The minimum Gasteiger partial charge on any atom is -0.409 e. The minimum atomic E-state index is -1.59. The van der Waals surface area contributed by atoms with Crippen LogP contribution in [0.4, 0.5) is 0 Å². The van der Waals surface area contributed by atoms with Crippen LogP contribution < -0.4 is 32.5 Å². The molecule has 0 unspecified atom stereocenters. The molecule has 6 aromatic rings. The Morgan fingerprint density at radius 3 is 0.780 bits per heavy atom. The van der Waals surface area contributed by atoms with Crippen molar-refractivity contribution in [3.8, 4) is 34.5 Å². The second-order valence-corrected chi connectivity index (χ2v) is 15.0. The van der Waals surface area contributed by atoms with Crippen LogP contribution in [0.2, 0.25) is 0 Å². The van der Waals surface area contributed by atoms with Crippen molar-refractivity contribution in [3.63, 3.8) is 0 Å². The Hall–Kier alpha value is -4.41. The number of hydrogen-bond donors (Lipinski definition) is 1. The molecule has 59 heavy (non-hydrogen) atoms. The van der Waals surface area contributed by atoms with Crippen molar-refractivity contribution in [2.75, 3.05) is 13.1 Å². The molecule has 0 atom stereocenters. The first-order valence-corrected chi connectivity index (χ1v) is 21.5. The van der Waals surface area contributed by atoms with Crippen LogP contribution >= 0.6 is 17.2 Å². The third-order valence-electron chi connectivity index (χ3n) is 8.86. The molecule has 1 aliphatic rings. The summed E-state index contributed by atoms with van der Waals surface area (Å²) < 4.78 is 35.1. The van der Waals surface area contributed by atoms with E-state index >= 15 is 0 Å². The topological polar surface area (TPSA) is 67.4 Å². The molecule has 0 aromatic heterocycles. The van der Waals surface area contributed by atoms with E-state index in [9.17, 15) is 0 Å². The summed E-state index contributed by atoms with van der Waals surface area (Å²) in [6.45, 7) is 13.3. The molecular formula is C49H52IrNO6P2. The minimum absolute atomic E-state index is 0. The van der Waals surface area contributed by atoms with Crippen LogP contribution in [0.15, 0.2) is 182 Å². The first-order valence-electron chi connectivity index (χ1n) is 19.3. The molecule has 0 aliphatic heterocycles. The van der Waals surface area contributed by atoms with Crippen molar-refractivity contribution in [3.05, 3.63) is 212 Å². The molecular weight excluding hydrogens is 953 g/mol. The molecule has 0 heterocycles. The van der Waals surface area contributed by atoms with Crippen molar-refractivity contribution in [2.24, 2.45) is 0 Å². The second-order valence-electron chi connectivity index (χ2n) is 13.0. The molecule has 6 radical (unpaired) electrons. The van der Waals surface area contributed by atoms with Gasteiger partial charge >= 0.3 is 17.2 Å². The second kappa shape index (κ2) is 26.6. The van der Waals surface area contributed by atoms with Crippen molar-refractivity contribution < 1.29 is 47.2 Å². The van der Waals surface area contributed by atoms with Gasteiger partial charge in [-0.2, -0.15) is 0 Å². The SMILES string of the molecule is CCCNC[C]1[C](C)[C](C)[C](C)[C]1C.[Ir].c1ccc(OP(Oc2ccccc2)Oc2ccccc2)cc1.c1ccc(OP(Oc2ccccc2)Oc2ccccc2)cc1. The molecule has 0 bridgehead atoms. The Morgan fingerprint density at radius 2 is 0.576 bits per heavy atom. The molecule has 0 amide bonds. The maximum Gasteiger partial charge on any atom is 0.530 e. The number of rotatable bonds is 16. The zero-order chi connectivity index (χ0) is 40.8. The number of benzene rings is 6. The Morgan fingerprint density at radius 1 is 0.356 bits per heavy atom. The number of hydrogen-bond acceptors (Lipinski definition) is 7. The average molecular weight is 1010 g/mol. The van der Waals surface area contributed by atoms with Gasteiger partial charge in [-0.1, -0.05) is 144 Å². The summed E-state index contributed by atoms with van der Waals surface area (Å²) in [4.78, 5) is 0. The van der Waals surface area contributed by atoms with Gasteiger partial charge in [0.05, 0.1) is 0 Å². The van der Waals surface area contributed by atoms with Crippen molar-refractivity contribution in [1.29, 1.82) is 0 Å². The Balaban J connectivity index is 0.000000199. The van der Waals surface area contributed by atoms with Crippen LogP contribution in [0.25, 0.3) is 0 Å². The summed E-state index contributed by atoms with van der Waals surface area (Å²) in [5.74, 6) is 11.6. The molecule has 6 aromatic carbocycles. The third kappa shape index (κ3) is 16.6. The first kappa shape index (κ1) is 47.3. The van der Waals surface area contributed by atoms with E-state index in [4.69, 9.17) is 27.1 Å². The Kier molecular flexibility index (Phi) is 21.3. The van der Waals surface area contributed by atoms with Gasteiger partial charge in [0.2, 0.25) is 0 Å². The predicted octanol–water partition coefficient (Wildman–Crippen LogP) is 13.8. The van der Waals surface area contributed by atoms with Crippen LogP contribution in [0, 0.1) is 29.6 Å². The van der Waals surface area contributed by atoms with Gasteiger partial charge in [-0.15, -0.1) is 0 Å². The van der Waals surface area contributed by atoms with Gasteiger partial charge < -0.3 is 32.5 Å². The fourth-order valence-corrected chi connectivity index (χ4v) is 7.45. The van der Waals surface area contributed by atoms with E-state index in [0.29, 0.717) is 34.5 Å². The van der Waals surface area contributed by atoms with Crippen molar-refractivity contribution in [2.45, 2.75) is 41.0 Å². The van der Waals surface area contributed by atoms with Crippen molar-refractivity contribution >= 4 is 17.2 Å². The third-order valence-corrected chi connectivity index (χ3v) is 11.0. The van der Waals surface area contributed by atoms with E-state index in [2.05, 4.69) is 39.9 Å². The van der Waals surface area contributed by atoms with Gasteiger partial charge in [0.15, 0.2) is 0 Å². The average Bonchev–Trinajstić information content (AvgIpc) is 3.44. The monoisotopic (exact) mass is 1010 g/mol. The largest absolute Gasteiger partial charge is 0.530 e. The summed E-state index contributed by atoms with van der Waals surface area (Å²) in [7, 11) is -3.18. The van der Waals surface area contributed by atoms with E-state index in [1.807, 2.05) is 182 Å². The summed E-state index contributed by atoms with van der Waals surface area (Å²) in [5, 5.41) is 3.47. The van der Waals surface area contributed by atoms with Crippen LogP contribution in [0.5, 0.6) is 34.5 Å². The summed E-state index contributed by atoms with van der Waals surface area (Å²) in [6.07, 6.45) is 1.21. The summed E-state index contributed by atoms with van der Waals surface area (Å²) in [6, 6.07) is 57.0. The zero-order valence-corrected chi connectivity index (χ0v) is 38.3. The number of nitrogens with one attached hydrogen (secondary N) is 1. The fraction of sp³-hybridized carbons (Fsp3) is 0.163. The van der Waals surface area contributed by atoms with E-state index in [-0.39, 0.29) is 20.1 Å². The molecule has 1 N–H and O–H groups in total. The van der Waals surface area contributed by atoms with Crippen molar-refractivity contribution in [1.82, 2.24) is 5.32 Å². The van der Waals surface area contributed by atoms with Gasteiger partial charge in [-0.05, 0) is 109 Å². The fourth-order valence-electron chi connectivity index (χ4n) is 5.47. The first-order chi connectivity index (χ1) is 28.4. The molecule has 10 heteroatoms. The van der Waals surface area contributed by atoms with Gasteiger partial charge in [0, 0.05) is 32.6 Å². The maximum atomic E-state index is 5.84. The molecule has 1 saturated carbocycles. The quantitative estimate of drug-likeness (QED) is 0.0765. The van der Waals surface area contributed by atoms with E-state index in [1.54, 1.807) is 0 Å². The summed E-state index contributed by atoms with van der Waals surface area (Å²) in [5.41, 5.74) is 0. The molecule has 0 spiro atoms. The van der Waals surface area contributed by atoms with E-state index < -0.39 is 17.2 Å². The van der Waals surface area contributed by atoms with Crippen LogP contribution in [-0.2, 0) is 20.1 Å². The number of para-hydroxylation sites is 6. The van der Waals surface area contributed by atoms with Gasteiger partial charge in [-0.25, -0.2) is 0 Å². The normalized spacial score (nSPS) is 13.3. The summed E-state index contributed by atoms with van der Waals surface area (Å²) >= 11 is 0. The van der Waals surface area contributed by atoms with Gasteiger partial charge in [0.1, 0.15) is 34.5 Å². The van der Waals surface area contributed by atoms with E-state index in [0.717, 1.165) is 13.1 Å². The Bertz CT molecular complexity index is 1600. The molecule has 1 fully saturated rings. The zero-order valence-electron chi connectivity index (χ0n) is 34.1. The molecule has 7 rings (SSSR count). The van der Waals surface area contributed by atoms with Crippen LogP contribution in [0.3, 0.4) is 0 Å². The molecule has 0 saturated heterocycles. The smallest absolute Gasteiger partial charge is 0.409 e. The van der Waals surface area contributed by atoms with Gasteiger partial charge in [-0.3, -0.25) is 0 Å². The predicted molar refractivity (Wildman–Crippen MR) is 238 cm³/mol.